The number of halogens is 1. The predicted octanol–water partition coefficient (Wildman–Crippen LogP) is 4.19. The molecule has 30 heavy (non-hydrogen) atoms. The number of nitrogens with zero attached hydrogens (tertiary/aromatic N) is 1. The molecule has 1 saturated heterocycles. The summed E-state index contributed by atoms with van der Waals surface area (Å²) in [5.74, 6) is -0.414. The Bertz CT molecular complexity index is 1020. The highest BCUT2D eigenvalue weighted by atomic mass is 35.5. The monoisotopic (exact) mass is 428 g/mol. The number of rotatable bonds is 6. The summed E-state index contributed by atoms with van der Waals surface area (Å²) in [5, 5.41) is 2.54. The van der Waals surface area contributed by atoms with Gasteiger partial charge in [0.25, 0.3) is 11.8 Å². The number of hydrogen-bond donors (Lipinski definition) is 1. The number of barbiturate groups is 1. The highest BCUT2D eigenvalue weighted by molar-refractivity contribution is 6.39. The number of methoxy groups -OCH3 is 1. The fourth-order valence-corrected chi connectivity index (χ4v) is 3.03. The van der Waals surface area contributed by atoms with Gasteiger partial charge in [0.05, 0.1) is 23.9 Å². The molecule has 0 spiro atoms. The summed E-state index contributed by atoms with van der Waals surface area (Å²) in [4.78, 5) is 38.4. The molecule has 0 unspecified atom stereocenters. The van der Waals surface area contributed by atoms with Gasteiger partial charge in [0.1, 0.15) is 17.1 Å². The lowest BCUT2D eigenvalue weighted by molar-refractivity contribution is -0.122. The van der Waals surface area contributed by atoms with Crippen molar-refractivity contribution in [3.8, 4) is 11.5 Å². The first kappa shape index (κ1) is 21.4. The molecule has 2 aromatic carbocycles. The zero-order valence-electron chi connectivity index (χ0n) is 16.8. The number of anilines is 1. The molecule has 1 fully saturated rings. The highest BCUT2D eigenvalue weighted by Crippen LogP contribution is 2.29. The maximum Gasteiger partial charge on any atom is 0.335 e. The molecule has 2 aromatic rings. The second-order valence-electron chi connectivity index (χ2n) is 6.68. The smallest absolute Gasteiger partial charge is 0.335 e. The van der Waals surface area contributed by atoms with Crippen LogP contribution >= 0.6 is 11.6 Å². The van der Waals surface area contributed by atoms with E-state index in [0.29, 0.717) is 27.8 Å². The third kappa shape index (κ3) is 4.46. The van der Waals surface area contributed by atoms with E-state index in [1.165, 1.54) is 13.2 Å². The quantitative estimate of drug-likeness (QED) is 0.550. The van der Waals surface area contributed by atoms with Gasteiger partial charge in [0.15, 0.2) is 0 Å². The van der Waals surface area contributed by atoms with Gasteiger partial charge in [-0.1, -0.05) is 24.6 Å². The Hall–Kier alpha value is -3.32. The van der Waals surface area contributed by atoms with Crippen LogP contribution in [0.4, 0.5) is 10.5 Å². The van der Waals surface area contributed by atoms with Gasteiger partial charge in [-0.2, -0.15) is 0 Å². The van der Waals surface area contributed by atoms with Crippen LogP contribution in [0.25, 0.3) is 6.08 Å². The summed E-state index contributed by atoms with van der Waals surface area (Å²) in [7, 11) is 1.51. The first-order valence-corrected chi connectivity index (χ1v) is 9.73. The van der Waals surface area contributed by atoms with Crippen molar-refractivity contribution in [2.24, 2.45) is 0 Å². The number of nitrogens with one attached hydrogen (secondary N) is 1. The summed E-state index contributed by atoms with van der Waals surface area (Å²) in [6.07, 6.45) is 2.22. The van der Waals surface area contributed by atoms with E-state index in [9.17, 15) is 14.4 Å². The SMILES string of the molecule is CC[C@@H](C)Oc1ccc(/C=C2\C(=O)NC(=O)N(c3ccc(OC)cc3)C2=O)cc1Cl. The van der Waals surface area contributed by atoms with E-state index in [1.807, 2.05) is 13.8 Å². The van der Waals surface area contributed by atoms with Crippen molar-refractivity contribution >= 4 is 41.2 Å². The van der Waals surface area contributed by atoms with Crippen LogP contribution in [-0.2, 0) is 9.59 Å². The maximum absolute atomic E-state index is 12.9. The van der Waals surface area contributed by atoms with Crippen LogP contribution in [0.15, 0.2) is 48.0 Å². The summed E-state index contributed by atoms with van der Waals surface area (Å²) in [5.41, 5.74) is 0.656. The summed E-state index contributed by atoms with van der Waals surface area (Å²) >= 11 is 6.28. The van der Waals surface area contributed by atoms with Gasteiger partial charge >= 0.3 is 6.03 Å². The van der Waals surface area contributed by atoms with E-state index in [2.05, 4.69) is 5.32 Å². The van der Waals surface area contributed by atoms with Gasteiger partial charge in [0.2, 0.25) is 0 Å². The maximum atomic E-state index is 12.9. The lowest BCUT2D eigenvalue weighted by atomic mass is 10.1. The molecule has 7 nitrogen and oxygen atoms in total. The van der Waals surface area contributed by atoms with Gasteiger partial charge in [-0.15, -0.1) is 0 Å². The molecule has 0 radical (unpaired) electrons. The summed E-state index contributed by atoms with van der Waals surface area (Å²) < 4.78 is 10.8. The number of hydrogen-bond acceptors (Lipinski definition) is 5. The average molecular weight is 429 g/mol. The molecule has 8 heteroatoms. The van der Waals surface area contributed by atoms with Crippen LogP contribution in [0, 0.1) is 0 Å². The van der Waals surface area contributed by atoms with Crippen molar-refractivity contribution in [3.63, 3.8) is 0 Å². The molecular formula is C22H21ClN2O5. The number of urea groups is 1. The van der Waals surface area contributed by atoms with Crippen molar-refractivity contribution in [2.75, 3.05) is 12.0 Å². The predicted molar refractivity (Wildman–Crippen MR) is 114 cm³/mol. The molecule has 3 rings (SSSR count). The van der Waals surface area contributed by atoms with Crippen LogP contribution in [0.1, 0.15) is 25.8 Å². The van der Waals surface area contributed by atoms with E-state index in [0.717, 1.165) is 11.3 Å². The largest absolute Gasteiger partial charge is 0.497 e. The lowest BCUT2D eigenvalue weighted by Crippen LogP contribution is -2.54. The normalized spacial score (nSPS) is 16.5. The van der Waals surface area contributed by atoms with Crippen molar-refractivity contribution in [1.82, 2.24) is 5.32 Å². The van der Waals surface area contributed by atoms with E-state index in [4.69, 9.17) is 21.1 Å². The standard InChI is InChI=1S/C22H21ClN2O5/c1-4-13(2)30-19-10-5-14(12-18(19)23)11-17-20(26)24-22(28)25(21(17)27)15-6-8-16(29-3)9-7-15/h5-13H,4H2,1-3H3,(H,24,26,28)/b17-11+/t13-/m1/s1. The third-order valence-corrected chi connectivity index (χ3v) is 4.90. The van der Waals surface area contributed by atoms with Crippen LogP contribution < -0.4 is 19.7 Å². The van der Waals surface area contributed by atoms with Crippen molar-refractivity contribution in [1.29, 1.82) is 0 Å². The molecule has 0 aliphatic carbocycles. The second kappa shape index (κ2) is 9.00. The number of amides is 4. The minimum absolute atomic E-state index is 0.00136. The van der Waals surface area contributed by atoms with Crippen LogP contribution in [-0.4, -0.2) is 31.1 Å². The Morgan fingerprint density at radius 3 is 2.43 bits per heavy atom. The Morgan fingerprint density at radius 1 is 1.13 bits per heavy atom. The fourth-order valence-electron chi connectivity index (χ4n) is 2.79. The molecular weight excluding hydrogens is 408 g/mol. The van der Waals surface area contributed by atoms with Gasteiger partial charge in [-0.25, -0.2) is 9.69 Å². The van der Waals surface area contributed by atoms with Gasteiger partial charge in [-0.05, 0) is 61.4 Å². The molecule has 156 valence electrons. The van der Waals surface area contributed by atoms with Crippen LogP contribution in [0.2, 0.25) is 5.02 Å². The number of carbonyl (C=O) groups excluding carboxylic acids is 3. The van der Waals surface area contributed by atoms with E-state index in [1.54, 1.807) is 42.5 Å². The van der Waals surface area contributed by atoms with Gasteiger partial charge in [-0.3, -0.25) is 14.9 Å². The molecule has 1 atom stereocenters. The zero-order chi connectivity index (χ0) is 21.8. The molecule has 4 amide bonds. The molecule has 0 bridgehead atoms. The fraction of sp³-hybridized carbons (Fsp3) is 0.227. The molecule has 0 aromatic heterocycles. The second-order valence-corrected chi connectivity index (χ2v) is 7.09. The lowest BCUT2D eigenvalue weighted by Gasteiger charge is -2.26. The molecule has 1 N–H and O–H groups in total. The van der Waals surface area contributed by atoms with Crippen molar-refractivity contribution in [3.05, 3.63) is 58.6 Å². The van der Waals surface area contributed by atoms with Gasteiger partial charge in [0, 0.05) is 0 Å². The summed E-state index contributed by atoms with van der Waals surface area (Å²) in [6, 6.07) is 10.5. The molecule has 0 saturated carbocycles. The van der Waals surface area contributed by atoms with Crippen molar-refractivity contribution < 1.29 is 23.9 Å². The first-order chi connectivity index (χ1) is 14.3. The van der Waals surface area contributed by atoms with E-state index >= 15 is 0 Å². The number of carbonyl (C=O) groups is 3. The Labute approximate surface area is 179 Å². The van der Waals surface area contributed by atoms with E-state index < -0.39 is 17.8 Å². The zero-order valence-corrected chi connectivity index (χ0v) is 17.5. The number of ether oxygens (including phenoxy) is 2. The minimum Gasteiger partial charge on any atom is -0.497 e. The molecule has 1 heterocycles. The molecule has 1 aliphatic rings. The highest BCUT2D eigenvalue weighted by Gasteiger charge is 2.36. The Morgan fingerprint density at radius 2 is 1.83 bits per heavy atom. The topological polar surface area (TPSA) is 84.9 Å². The number of imide groups is 2. The Balaban J connectivity index is 1.91. The van der Waals surface area contributed by atoms with Gasteiger partial charge < -0.3 is 9.47 Å². The van der Waals surface area contributed by atoms with Crippen LogP contribution in [0.5, 0.6) is 11.5 Å². The summed E-state index contributed by atoms with van der Waals surface area (Å²) in [6.45, 7) is 3.93. The first-order valence-electron chi connectivity index (χ1n) is 9.35. The molecule has 1 aliphatic heterocycles. The Kier molecular flexibility index (Phi) is 6.42. The minimum atomic E-state index is -0.817. The third-order valence-electron chi connectivity index (χ3n) is 4.60. The van der Waals surface area contributed by atoms with E-state index in [-0.39, 0.29) is 11.7 Å². The number of benzene rings is 2. The average Bonchev–Trinajstić information content (AvgIpc) is 2.73. The van der Waals surface area contributed by atoms with Crippen molar-refractivity contribution in [2.45, 2.75) is 26.4 Å². The van der Waals surface area contributed by atoms with Crippen LogP contribution in [0.3, 0.4) is 0 Å².